The number of benzene rings is 1. The van der Waals surface area contributed by atoms with Gasteiger partial charge in [0, 0.05) is 24.7 Å². The van der Waals surface area contributed by atoms with E-state index in [0.717, 1.165) is 5.56 Å². The van der Waals surface area contributed by atoms with Gasteiger partial charge in [-0.1, -0.05) is 23.7 Å². The molecular formula is C15H14ClN5OS. The van der Waals surface area contributed by atoms with Crippen LogP contribution in [0.4, 0.5) is 11.6 Å². The number of thiophene rings is 1. The summed E-state index contributed by atoms with van der Waals surface area (Å²) in [5, 5.41) is 6.77. The zero-order chi connectivity index (χ0) is 16.6. The third-order valence-electron chi connectivity index (χ3n) is 3.34. The fourth-order valence-corrected chi connectivity index (χ4v) is 3.49. The van der Waals surface area contributed by atoms with E-state index in [1.54, 1.807) is 26.2 Å². The molecule has 0 unspecified atom stereocenters. The Labute approximate surface area is 141 Å². The minimum Gasteiger partial charge on any atom is -0.397 e. The zero-order valence-corrected chi connectivity index (χ0v) is 14.0. The largest absolute Gasteiger partial charge is 0.397 e. The number of nitrogens with zero attached hydrogens (tertiary/aromatic N) is 2. The van der Waals surface area contributed by atoms with E-state index in [2.05, 4.69) is 20.6 Å². The van der Waals surface area contributed by atoms with E-state index in [1.165, 1.54) is 11.3 Å². The molecule has 0 aliphatic carbocycles. The van der Waals surface area contributed by atoms with Crippen LogP contribution in [-0.4, -0.2) is 30.0 Å². The van der Waals surface area contributed by atoms with Gasteiger partial charge in [-0.15, -0.1) is 11.3 Å². The lowest BCUT2D eigenvalue weighted by Gasteiger charge is -2.07. The average Bonchev–Trinajstić information content (AvgIpc) is 2.90. The molecule has 3 aromatic rings. The lowest BCUT2D eigenvalue weighted by Crippen LogP contribution is -2.17. The molecule has 0 saturated carbocycles. The summed E-state index contributed by atoms with van der Waals surface area (Å²) in [6.45, 7) is 0. The molecule has 8 heteroatoms. The number of carbonyl (C=O) groups excluding carboxylic acids is 1. The fraction of sp³-hybridized carbons (Fsp3) is 0.133. The van der Waals surface area contributed by atoms with Gasteiger partial charge in [-0.05, 0) is 12.1 Å². The van der Waals surface area contributed by atoms with Crippen LogP contribution in [0.5, 0.6) is 0 Å². The van der Waals surface area contributed by atoms with Gasteiger partial charge in [-0.3, -0.25) is 4.79 Å². The second kappa shape index (κ2) is 6.02. The van der Waals surface area contributed by atoms with E-state index < -0.39 is 0 Å². The Bertz CT molecular complexity index is 908. The number of anilines is 2. The first-order valence-corrected chi connectivity index (χ1v) is 8.00. The van der Waals surface area contributed by atoms with Crippen molar-refractivity contribution in [2.45, 2.75) is 0 Å². The third-order valence-corrected chi connectivity index (χ3v) is 4.68. The summed E-state index contributed by atoms with van der Waals surface area (Å²) in [5.41, 5.74) is 8.03. The smallest absolute Gasteiger partial charge is 0.263 e. The Hall–Kier alpha value is -2.38. The molecule has 0 aliphatic heterocycles. The number of amides is 1. The molecule has 0 radical (unpaired) electrons. The van der Waals surface area contributed by atoms with Crippen molar-refractivity contribution in [2.24, 2.45) is 0 Å². The predicted octanol–water partition coefficient (Wildman–Crippen LogP) is 3.00. The summed E-state index contributed by atoms with van der Waals surface area (Å²) in [6.07, 6.45) is 0. The summed E-state index contributed by atoms with van der Waals surface area (Å²) in [7, 11) is 3.30. The van der Waals surface area contributed by atoms with Crippen LogP contribution in [0.2, 0.25) is 5.02 Å². The maximum Gasteiger partial charge on any atom is 0.263 e. The number of nitrogens with one attached hydrogen (secondary N) is 2. The van der Waals surface area contributed by atoms with E-state index >= 15 is 0 Å². The lowest BCUT2D eigenvalue weighted by atomic mass is 10.1. The van der Waals surface area contributed by atoms with Crippen molar-refractivity contribution < 1.29 is 4.79 Å². The maximum atomic E-state index is 12.0. The Morgan fingerprint density at radius 2 is 2.09 bits per heavy atom. The average molecular weight is 348 g/mol. The van der Waals surface area contributed by atoms with Crippen molar-refractivity contribution in [1.29, 1.82) is 0 Å². The SMILES string of the molecule is CNC(=O)c1sc2nc(NC)nc(-c3cccc(Cl)c3)c2c1N. The quantitative estimate of drug-likeness (QED) is 0.677. The molecule has 2 aromatic heterocycles. The molecule has 0 atom stereocenters. The molecule has 0 saturated heterocycles. The fourth-order valence-electron chi connectivity index (χ4n) is 2.26. The Morgan fingerprint density at radius 1 is 1.30 bits per heavy atom. The van der Waals surface area contributed by atoms with Crippen LogP contribution in [0.1, 0.15) is 9.67 Å². The molecule has 6 nitrogen and oxygen atoms in total. The number of nitrogen functional groups attached to an aromatic ring is 1. The van der Waals surface area contributed by atoms with Crippen molar-refractivity contribution in [1.82, 2.24) is 15.3 Å². The highest BCUT2D eigenvalue weighted by Crippen LogP contribution is 2.39. The molecule has 0 bridgehead atoms. The van der Waals surface area contributed by atoms with E-state index in [4.69, 9.17) is 17.3 Å². The minimum atomic E-state index is -0.242. The molecule has 0 spiro atoms. The Balaban J connectivity index is 2.35. The second-order valence-corrected chi connectivity index (χ2v) is 6.20. The van der Waals surface area contributed by atoms with Crippen molar-refractivity contribution in [2.75, 3.05) is 25.1 Å². The van der Waals surface area contributed by atoms with E-state index in [1.807, 2.05) is 12.1 Å². The molecular weight excluding hydrogens is 334 g/mol. The van der Waals surface area contributed by atoms with Crippen LogP contribution in [-0.2, 0) is 0 Å². The standard InChI is InChI=1S/C15H14ClN5OS/c1-18-13(22)12-10(17)9-11(7-4-3-5-8(16)6-7)20-15(19-2)21-14(9)23-12/h3-6H,17H2,1-2H3,(H,18,22)(H,19,20,21). The molecule has 0 fully saturated rings. The van der Waals surface area contributed by atoms with Gasteiger partial charge in [-0.2, -0.15) is 0 Å². The first kappa shape index (κ1) is 15.5. The number of carbonyl (C=O) groups is 1. The van der Waals surface area contributed by atoms with Gasteiger partial charge in [0.1, 0.15) is 9.71 Å². The van der Waals surface area contributed by atoms with Crippen LogP contribution >= 0.6 is 22.9 Å². The zero-order valence-electron chi connectivity index (χ0n) is 12.5. The van der Waals surface area contributed by atoms with Crippen molar-refractivity contribution >= 4 is 50.7 Å². The van der Waals surface area contributed by atoms with Gasteiger partial charge in [0.25, 0.3) is 5.91 Å². The molecule has 2 heterocycles. The van der Waals surface area contributed by atoms with Gasteiger partial charge in [0.2, 0.25) is 5.95 Å². The van der Waals surface area contributed by atoms with E-state index in [9.17, 15) is 4.79 Å². The highest BCUT2D eigenvalue weighted by Gasteiger charge is 2.21. The van der Waals surface area contributed by atoms with Gasteiger partial charge in [0.15, 0.2) is 0 Å². The number of aromatic nitrogens is 2. The van der Waals surface area contributed by atoms with Crippen LogP contribution in [0, 0.1) is 0 Å². The van der Waals surface area contributed by atoms with Gasteiger partial charge < -0.3 is 16.4 Å². The number of hydrogen-bond donors (Lipinski definition) is 3. The normalized spacial score (nSPS) is 10.7. The maximum absolute atomic E-state index is 12.0. The topological polar surface area (TPSA) is 92.9 Å². The summed E-state index contributed by atoms with van der Waals surface area (Å²) < 4.78 is 0. The van der Waals surface area contributed by atoms with Crippen LogP contribution in [0.15, 0.2) is 24.3 Å². The van der Waals surface area contributed by atoms with Gasteiger partial charge >= 0.3 is 0 Å². The Morgan fingerprint density at radius 3 is 2.74 bits per heavy atom. The monoisotopic (exact) mass is 347 g/mol. The molecule has 4 N–H and O–H groups in total. The number of nitrogens with two attached hydrogens (primary N) is 1. The molecule has 118 valence electrons. The lowest BCUT2D eigenvalue weighted by molar-refractivity contribution is 0.0968. The first-order chi connectivity index (χ1) is 11.0. The molecule has 23 heavy (non-hydrogen) atoms. The molecule has 3 rings (SSSR count). The summed E-state index contributed by atoms with van der Waals surface area (Å²) in [6, 6.07) is 7.32. The second-order valence-electron chi connectivity index (χ2n) is 4.76. The van der Waals surface area contributed by atoms with Crippen molar-refractivity contribution in [3.8, 4) is 11.3 Å². The number of fused-ring (bicyclic) bond motifs is 1. The predicted molar refractivity (Wildman–Crippen MR) is 95.2 cm³/mol. The van der Waals surface area contributed by atoms with E-state index in [0.29, 0.717) is 37.4 Å². The van der Waals surface area contributed by atoms with Crippen LogP contribution in [0.25, 0.3) is 21.5 Å². The summed E-state index contributed by atoms with van der Waals surface area (Å²) in [4.78, 5) is 22.0. The first-order valence-electron chi connectivity index (χ1n) is 6.81. The van der Waals surface area contributed by atoms with Gasteiger partial charge in [0.05, 0.1) is 16.8 Å². The molecule has 1 amide bonds. The molecule has 1 aromatic carbocycles. The number of hydrogen-bond acceptors (Lipinski definition) is 6. The molecule has 0 aliphatic rings. The van der Waals surface area contributed by atoms with Gasteiger partial charge in [-0.25, -0.2) is 9.97 Å². The van der Waals surface area contributed by atoms with Crippen LogP contribution < -0.4 is 16.4 Å². The summed E-state index contributed by atoms with van der Waals surface area (Å²) >= 11 is 7.32. The number of halogens is 1. The summed E-state index contributed by atoms with van der Waals surface area (Å²) in [5.74, 6) is 0.214. The minimum absolute atomic E-state index is 0.242. The highest BCUT2D eigenvalue weighted by molar-refractivity contribution is 7.21. The number of rotatable bonds is 3. The van der Waals surface area contributed by atoms with Crippen molar-refractivity contribution in [3.05, 3.63) is 34.2 Å². The Kier molecular flexibility index (Phi) is 4.06. The van der Waals surface area contributed by atoms with E-state index in [-0.39, 0.29) is 5.91 Å². The van der Waals surface area contributed by atoms with Crippen molar-refractivity contribution in [3.63, 3.8) is 0 Å². The van der Waals surface area contributed by atoms with Crippen LogP contribution in [0.3, 0.4) is 0 Å². The third kappa shape index (κ3) is 2.69. The highest BCUT2D eigenvalue weighted by atomic mass is 35.5.